The van der Waals surface area contributed by atoms with Crippen molar-refractivity contribution in [3.8, 4) is 11.6 Å². The highest BCUT2D eigenvalue weighted by Crippen LogP contribution is 2.21. The molecule has 1 unspecified atom stereocenters. The first kappa shape index (κ1) is 17.0. The summed E-state index contributed by atoms with van der Waals surface area (Å²) < 4.78 is 5.27. The van der Waals surface area contributed by atoms with Gasteiger partial charge in [-0.2, -0.15) is 5.10 Å². The molecule has 0 aliphatic carbocycles. The molecule has 6 nitrogen and oxygen atoms in total. The van der Waals surface area contributed by atoms with Gasteiger partial charge in [0.05, 0.1) is 12.2 Å². The van der Waals surface area contributed by atoms with Gasteiger partial charge in [0.1, 0.15) is 5.82 Å². The van der Waals surface area contributed by atoms with E-state index in [0.29, 0.717) is 24.6 Å². The van der Waals surface area contributed by atoms with E-state index in [1.807, 2.05) is 36.4 Å². The molecule has 0 bridgehead atoms. The number of nitrogens with zero attached hydrogens (tertiary/aromatic N) is 2. The Hall–Kier alpha value is -2.89. The lowest BCUT2D eigenvalue weighted by Gasteiger charge is -2.16. The highest BCUT2D eigenvalue weighted by molar-refractivity contribution is 5.83. The van der Waals surface area contributed by atoms with Crippen LogP contribution in [0.3, 0.4) is 0 Å². The number of amides is 1. The van der Waals surface area contributed by atoms with Gasteiger partial charge in [0.25, 0.3) is 0 Å². The molecule has 0 saturated heterocycles. The van der Waals surface area contributed by atoms with Gasteiger partial charge in [0.15, 0.2) is 5.76 Å². The van der Waals surface area contributed by atoms with Crippen LogP contribution in [0.15, 0.2) is 53.1 Å². The minimum absolute atomic E-state index is 0.0545. The lowest BCUT2D eigenvalue weighted by atomic mass is 9.93. The number of hydrogen-bond donors (Lipinski definition) is 2. The third kappa shape index (κ3) is 4.35. The number of carbonyl (C=O) groups excluding carboxylic acids is 1. The zero-order valence-corrected chi connectivity index (χ0v) is 14.2. The average Bonchev–Trinajstić information content (AvgIpc) is 3.31. The smallest absolute Gasteiger partial charge is 0.227 e. The second-order valence-electron chi connectivity index (χ2n) is 5.88. The Bertz CT molecular complexity index is 781. The van der Waals surface area contributed by atoms with Gasteiger partial charge in [-0.15, -0.1) is 0 Å². The SMILES string of the molecule is CCCC(C(=O)NCCc1nc(-c2ccco2)n[nH]1)c1ccccc1. The number of aromatic amines is 1. The van der Waals surface area contributed by atoms with Gasteiger partial charge in [0.2, 0.25) is 11.7 Å². The molecular weight excluding hydrogens is 316 g/mol. The lowest BCUT2D eigenvalue weighted by Crippen LogP contribution is -2.31. The summed E-state index contributed by atoms with van der Waals surface area (Å²) in [6.45, 7) is 2.60. The number of nitrogens with one attached hydrogen (secondary N) is 2. The summed E-state index contributed by atoms with van der Waals surface area (Å²) in [4.78, 5) is 16.9. The monoisotopic (exact) mass is 338 g/mol. The van der Waals surface area contributed by atoms with E-state index in [4.69, 9.17) is 4.42 Å². The van der Waals surface area contributed by atoms with E-state index >= 15 is 0 Å². The zero-order chi connectivity index (χ0) is 17.5. The maximum absolute atomic E-state index is 12.5. The zero-order valence-electron chi connectivity index (χ0n) is 14.2. The Morgan fingerprint density at radius 3 is 2.80 bits per heavy atom. The molecule has 130 valence electrons. The predicted molar refractivity (Wildman–Crippen MR) is 94.9 cm³/mol. The number of rotatable bonds is 8. The highest BCUT2D eigenvalue weighted by Gasteiger charge is 2.19. The van der Waals surface area contributed by atoms with Gasteiger partial charge in [-0.25, -0.2) is 4.98 Å². The number of aromatic nitrogens is 3. The van der Waals surface area contributed by atoms with Gasteiger partial charge in [0, 0.05) is 13.0 Å². The summed E-state index contributed by atoms with van der Waals surface area (Å²) >= 11 is 0. The van der Waals surface area contributed by atoms with Crippen molar-refractivity contribution in [3.63, 3.8) is 0 Å². The molecule has 0 spiro atoms. The van der Waals surface area contributed by atoms with Crippen molar-refractivity contribution in [2.45, 2.75) is 32.1 Å². The topological polar surface area (TPSA) is 83.8 Å². The average molecular weight is 338 g/mol. The summed E-state index contributed by atoms with van der Waals surface area (Å²) in [5.74, 6) is 1.81. The van der Waals surface area contributed by atoms with Crippen molar-refractivity contribution in [3.05, 3.63) is 60.1 Å². The van der Waals surface area contributed by atoms with E-state index in [1.165, 1.54) is 0 Å². The van der Waals surface area contributed by atoms with Crippen molar-refractivity contribution in [2.75, 3.05) is 6.54 Å². The van der Waals surface area contributed by atoms with Crippen LogP contribution in [-0.4, -0.2) is 27.6 Å². The van der Waals surface area contributed by atoms with E-state index in [0.717, 1.165) is 24.2 Å². The number of benzene rings is 1. The molecule has 2 N–H and O–H groups in total. The molecule has 0 radical (unpaired) electrons. The van der Waals surface area contributed by atoms with Crippen LogP contribution in [0.1, 0.15) is 37.1 Å². The van der Waals surface area contributed by atoms with Gasteiger partial charge in [-0.1, -0.05) is 43.7 Å². The Kier molecular flexibility index (Phi) is 5.61. The fourth-order valence-electron chi connectivity index (χ4n) is 2.77. The fourth-order valence-corrected chi connectivity index (χ4v) is 2.77. The molecule has 0 fully saturated rings. The van der Waals surface area contributed by atoms with Crippen LogP contribution in [0.5, 0.6) is 0 Å². The molecular formula is C19H22N4O2. The Labute approximate surface area is 146 Å². The fraction of sp³-hybridized carbons (Fsp3) is 0.316. The first-order valence-corrected chi connectivity index (χ1v) is 8.55. The molecule has 1 atom stereocenters. The molecule has 0 aliphatic rings. The minimum Gasteiger partial charge on any atom is -0.461 e. The van der Waals surface area contributed by atoms with Crippen LogP contribution in [0.2, 0.25) is 0 Å². The molecule has 0 aliphatic heterocycles. The Balaban J connectivity index is 1.54. The molecule has 2 aromatic heterocycles. The van der Waals surface area contributed by atoms with Crippen molar-refractivity contribution in [1.82, 2.24) is 20.5 Å². The number of H-pyrrole nitrogens is 1. The number of carbonyl (C=O) groups is 1. The van der Waals surface area contributed by atoms with Crippen LogP contribution in [0.4, 0.5) is 0 Å². The minimum atomic E-state index is -0.111. The maximum atomic E-state index is 12.5. The lowest BCUT2D eigenvalue weighted by molar-refractivity contribution is -0.122. The normalized spacial score (nSPS) is 12.0. The molecule has 3 aromatic rings. The first-order valence-electron chi connectivity index (χ1n) is 8.55. The maximum Gasteiger partial charge on any atom is 0.227 e. The third-order valence-electron chi connectivity index (χ3n) is 4.03. The molecule has 0 saturated carbocycles. The van der Waals surface area contributed by atoms with Crippen LogP contribution >= 0.6 is 0 Å². The molecule has 1 amide bonds. The number of furan rings is 1. The molecule has 1 aromatic carbocycles. The van der Waals surface area contributed by atoms with Gasteiger partial charge >= 0.3 is 0 Å². The van der Waals surface area contributed by atoms with Crippen LogP contribution in [0.25, 0.3) is 11.6 Å². The molecule has 6 heteroatoms. The first-order chi connectivity index (χ1) is 12.3. The largest absolute Gasteiger partial charge is 0.461 e. The highest BCUT2D eigenvalue weighted by atomic mass is 16.3. The van der Waals surface area contributed by atoms with E-state index in [9.17, 15) is 4.79 Å². The van der Waals surface area contributed by atoms with Crippen molar-refractivity contribution in [1.29, 1.82) is 0 Å². The summed E-state index contributed by atoms with van der Waals surface area (Å²) in [7, 11) is 0. The van der Waals surface area contributed by atoms with Crippen LogP contribution in [0, 0.1) is 0 Å². The van der Waals surface area contributed by atoms with E-state index in [2.05, 4.69) is 27.4 Å². The van der Waals surface area contributed by atoms with Gasteiger partial charge in [-0.3, -0.25) is 9.89 Å². The second-order valence-corrected chi connectivity index (χ2v) is 5.88. The number of hydrogen-bond acceptors (Lipinski definition) is 4. The Morgan fingerprint density at radius 1 is 1.24 bits per heavy atom. The molecule has 2 heterocycles. The van der Waals surface area contributed by atoms with Crippen LogP contribution < -0.4 is 5.32 Å². The van der Waals surface area contributed by atoms with Crippen molar-refractivity contribution >= 4 is 5.91 Å². The summed E-state index contributed by atoms with van der Waals surface area (Å²) in [5.41, 5.74) is 1.06. The van der Waals surface area contributed by atoms with Gasteiger partial charge < -0.3 is 9.73 Å². The van der Waals surface area contributed by atoms with Crippen molar-refractivity contribution < 1.29 is 9.21 Å². The standard InChI is InChI=1S/C19H22N4O2/c1-2-7-15(14-8-4-3-5-9-14)19(24)20-12-11-17-21-18(23-22-17)16-10-6-13-25-16/h3-6,8-10,13,15H,2,7,11-12H2,1H3,(H,20,24)(H,21,22,23). The molecule has 3 rings (SSSR count). The van der Waals surface area contributed by atoms with Gasteiger partial charge in [-0.05, 0) is 24.1 Å². The third-order valence-corrected chi connectivity index (χ3v) is 4.03. The summed E-state index contributed by atoms with van der Waals surface area (Å²) in [6.07, 6.45) is 3.97. The van der Waals surface area contributed by atoms with E-state index in [-0.39, 0.29) is 11.8 Å². The van der Waals surface area contributed by atoms with Crippen LogP contribution in [-0.2, 0) is 11.2 Å². The van der Waals surface area contributed by atoms with E-state index < -0.39 is 0 Å². The second kappa shape index (κ2) is 8.28. The summed E-state index contributed by atoms with van der Waals surface area (Å²) in [6, 6.07) is 13.5. The molecule has 25 heavy (non-hydrogen) atoms. The Morgan fingerprint density at radius 2 is 2.08 bits per heavy atom. The van der Waals surface area contributed by atoms with Crippen molar-refractivity contribution in [2.24, 2.45) is 0 Å². The van der Waals surface area contributed by atoms with E-state index in [1.54, 1.807) is 12.3 Å². The summed E-state index contributed by atoms with van der Waals surface area (Å²) in [5, 5.41) is 10.0. The quantitative estimate of drug-likeness (QED) is 0.660. The predicted octanol–water partition coefficient (Wildman–Crippen LogP) is 3.31.